The molecule has 0 radical (unpaired) electrons. The number of nitrogens with two attached hydrogens (primary N) is 1. The molecule has 1 aromatic carbocycles. The number of benzene rings is 1. The number of fused-ring (bicyclic) bond motifs is 3. The highest BCUT2D eigenvalue weighted by Crippen LogP contribution is 2.43. The van der Waals surface area contributed by atoms with Gasteiger partial charge in [-0.05, 0) is 48.8 Å². The first-order valence-electron chi connectivity index (χ1n) is 7.23. The number of carbonyl (C=O) groups excluding carboxylic acids is 1. The summed E-state index contributed by atoms with van der Waals surface area (Å²) in [5, 5.41) is 0. The fourth-order valence-electron chi connectivity index (χ4n) is 3.43. The predicted molar refractivity (Wildman–Crippen MR) is 74.3 cm³/mol. The van der Waals surface area contributed by atoms with Crippen LogP contribution in [0.5, 0.6) is 5.75 Å². The van der Waals surface area contributed by atoms with Gasteiger partial charge in [0.2, 0.25) is 5.91 Å². The first kappa shape index (κ1) is 12.5. The Labute approximate surface area is 114 Å². The fourth-order valence-corrected chi connectivity index (χ4v) is 3.43. The summed E-state index contributed by atoms with van der Waals surface area (Å²) in [4.78, 5) is 11.1. The van der Waals surface area contributed by atoms with E-state index in [9.17, 15) is 4.79 Å². The van der Waals surface area contributed by atoms with Gasteiger partial charge in [0.1, 0.15) is 5.75 Å². The van der Waals surface area contributed by atoms with Crippen molar-refractivity contribution in [2.45, 2.75) is 44.9 Å². The summed E-state index contributed by atoms with van der Waals surface area (Å²) in [6, 6.07) is 4.34. The maximum Gasteiger partial charge on any atom is 0.220 e. The smallest absolute Gasteiger partial charge is 0.220 e. The zero-order valence-electron chi connectivity index (χ0n) is 11.4. The van der Waals surface area contributed by atoms with Gasteiger partial charge in [-0.25, -0.2) is 0 Å². The summed E-state index contributed by atoms with van der Waals surface area (Å²) in [5.74, 6) is 1.47. The number of rotatable bonds is 4. The van der Waals surface area contributed by atoms with Crippen molar-refractivity contribution in [3.8, 4) is 5.75 Å². The minimum Gasteiger partial charge on any atom is -0.493 e. The SMILES string of the molecule is CC(CCC1CCc2ccc3c(c21)CCO3)C(N)=O. The van der Waals surface area contributed by atoms with Crippen molar-refractivity contribution in [2.75, 3.05) is 6.61 Å². The van der Waals surface area contributed by atoms with Crippen molar-refractivity contribution in [2.24, 2.45) is 11.7 Å². The second-order valence-electron chi connectivity index (χ2n) is 5.83. The maximum atomic E-state index is 11.1. The van der Waals surface area contributed by atoms with Gasteiger partial charge in [-0.1, -0.05) is 13.0 Å². The normalized spacial score (nSPS) is 21.6. The number of carbonyl (C=O) groups is 1. The average molecular weight is 259 g/mol. The van der Waals surface area contributed by atoms with Crippen LogP contribution in [-0.2, 0) is 17.6 Å². The van der Waals surface area contributed by atoms with Gasteiger partial charge < -0.3 is 10.5 Å². The van der Waals surface area contributed by atoms with Gasteiger partial charge in [0, 0.05) is 17.9 Å². The number of primary amides is 1. The van der Waals surface area contributed by atoms with Crippen molar-refractivity contribution in [3.05, 3.63) is 28.8 Å². The fraction of sp³-hybridized carbons (Fsp3) is 0.562. The maximum absolute atomic E-state index is 11.1. The molecule has 2 N–H and O–H groups in total. The molecule has 102 valence electrons. The first-order chi connectivity index (χ1) is 9.16. The largest absolute Gasteiger partial charge is 0.493 e. The highest BCUT2D eigenvalue weighted by molar-refractivity contribution is 5.76. The number of hydrogen-bond donors (Lipinski definition) is 1. The molecule has 0 bridgehead atoms. The van der Waals surface area contributed by atoms with E-state index in [-0.39, 0.29) is 11.8 Å². The minimum absolute atomic E-state index is 0.0166. The molecule has 1 heterocycles. The topological polar surface area (TPSA) is 52.3 Å². The van der Waals surface area contributed by atoms with Gasteiger partial charge in [0.15, 0.2) is 0 Å². The van der Waals surface area contributed by atoms with Crippen molar-refractivity contribution in [3.63, 3.8) is 0 Å². The van der Waals surface area contributed by atoms with E-state index in [2.05, 4.69) is 12.1 Å². The van der Waals surface area contributed by atoms with Crippen molar-refractivity contribution in [1.82, 2.24) is 0 Å². The average Bonchev–Trinajstić information content (AvgIpc) is 3.01. The molecule has 3 rings (SSSR count). The van der Waals surface area contributed by atoms with Gasteiger partial charge in [0.05, 0.1) is 6.61 Å². The third kappa shape index (κ3) is 2.22. The van der Waals surface area contributed by atoms with E-state index in [4.69, 9.17) is 10.5 Å². The molecule has 0 aromatic heterocycles. The highest BCUT2D eigenvalue weighted by atomic mass is 16.5. The van der Waals surface area contributed by atoms with E-state index in [1.165, 1.54) is 23.1 Å². The second kappa shape index (κ2) is 4.87. The van der Waals surface area contributed by atoms with Gasteiger partial charge in [-0.3, -0.25) is 4.79 Å². The zero-order chi connectivity index (χ0) is 13.4. The summed E-state index contributed by atoms with van der Waals surface area (Å²) >= 11 is 0. The summed E-state index contributed by atoms with van der Waals surface area (Å²) < 4.78 is 5.66. The molecule has 3 heteroatoms. The quantitative estimate of drug-likeness (QED) is 0.903. The molecule has 1 aromatic rings. The number of amides is 1. The Hall–Kier alpha value is -1.51. The minimum atomic E-state index is -0.181. The van der Waals surface area contributed by atoms with Crippen molar-refractivity contribution < 1.29 is 9.53 Å². The molecule has 2 aliphatic rings. The van der Waals surface area contributed by atoms with Crippen LogP contribution in [0.3, 0.4) is 0 Å². The summed E-state index contributed by atoms with van der Waals surface area (Å²) in [6.07, 6.45) is 5.37. The van der Waals surface area contributed by atoms with Crippen LogP contribution in [0.4, 0.5) is 0 Å². The molecule has 0 saturated heterocycles. The number of aryl methyl sites for hydroxylation is 1. The van der Waals surface area contributed by atoms with E-state index >= 15 is 0 Å². The molecule has 2 unspecified atom stereocenters. The molecule has 0 fully saturated rings. The van der Waals surface area contributed by atoms with Gasteiger partial charge in [-0.2, -0.15) is 0 Å². The van der Waals surface area contributed by atoms with E-state index in [0.717, 1.165) is 38.0 Å². The second-order valence-corrected chi connectivity index (χ2v) is 5.83. The lowest BCUT2D eigenvalue weighted by Crippen LogP contribution is -2.20. The van der Waals surface area contributed by atoms with Crippen LogP contribution in [0.1, 0.15) is 48.8 Å². The van der Waals surface area contributed by atoms with Crippen LogP contribution in [0.2, 0.25) is 0 Å². The van der Waals surface area contributed by atoms with Gasteiger partial charge in [-0.15, -0.1) is 0 Å². The van der Waals surface area contributed by atoms with E-state index in [1.54, 1.807) is 0 Å². The van der Waals surface area contributed by atoms with Crippen LogP contribution < -0.4 is 10.5 Å². The van der Waals surface area contributed by atoms with Crippen LogP contribution in [0.25, 0.3) is 0 Å². The Morgan fingerprint density at radius 1 is 1.47 bits per heavy atom. The third-order valence-corrected chi connectivity index (χ3v) is 4.62. The first-order valence-corrected chi connectivity index (χ1v) is 7.23. The Bertz CT molecular complexity index is 510. The van der Waals surface area contributed by atoms with Crippen molar-refractivity contribution >= 4 is 5.91 Å². The van der Waals surface area contributed by atoms with Crippen LogP contribution in [0, 0.1) is 5.92 Å². The molecule has 1 aliphatic carbocycles. The van der Waals surface area contributed by atoms with Crippen LogP contribution in [0.15, 0.2) is 12.1 Å². The molecular formula is C16H21NO2. The van der Waals surface area contributed by atoms with Crippen molar-refractivity contribution in [1.29, 1.82) is 0 Å². The number of ether oxygens (including phenoxy) is 1. The summed E-state index contributed by atoms with van der Waals surface area (Å²) in [6.45, 7) is 2.74. The monoisotopic (exact) mass is 259 g/mol. The lowest BCUT2D eigenvalue weighted by atomic mass is 9.88. The molecule has 0 saturated carbocycles. The van der Waals surface area contributed by atoms with E-state index in [1.807, 2.05) is 6.92 Å². The van der Waals surface area contributed by atoms with Gasteiger partial charge >= 0.3 is 0 Å². The zero-order valence-corrected chi connectivity index (χ0v) is 11.4. The predicted octanol–water partition coefficient (Wildman–Crippen LogP) is 2.55. The Kier molecular flexibility index (Phi) is 3.21. The molecular weight excluding hydrogens is 238 g/mol. The Morgan fingerprint density at radius 2 is 2.32 bits per heavy atom. The van der Waals surface area contributed by atoms with E-state index in [0.29, 0.717) is 5.92 Å². The molecule has 2 atom stereocenters. The molecule has 0 spiro atoms. The lowest BCUT2D eigenvalue weighted by Gasteiger charge is -2.16. The molecule has 3 nitrogen and oxygen atoms in total. The summed E-state index contributed by atoms with van der Waals surface area (Å²) in [5.41, 5.74) is 9.78. The van der Waals surface area contributed by atoms with Crippen LogP contribution >= 0.6 is 0 Å². The molecule has 1 aliphatic heterocycles. The third-order valence-electron chi connectivity index (χ3n) is 4.62. The Balaban J connectivity index is 1.78. The summed E-state index contributed by atoms with van der Waals surface area (Å²) in [7, 11) is 0. The van der Waals surface area contributed by atoms with E-state index < -0.39 is 0 Å². The van der Waals surface area contributed by atoms with Gasteiger partial charge in [0.25, 0.3) is 0 Å². The van der Waals surface area contributed by atoms with Crippen LogP contribution in [-0.4, -0.2) is 12.5 Å². The lowest BCUT2D eigenvalue weighted by molar-refractivity contribution is -0.121. The number of hydrogen-bond acceptors (Lipinski definition) is 2. The Morgan fingerprint density at radius 3 is 3.11 bits per heavy atom. The molecule has 19 heavy (non-hydrogen) atoms. The standard InChI is InChI=1S/C16H21NO2/c1-10(16(17)18)2-3-11-4-5-12-6-7-14-13(15(11)12)8-9-19-14/h6-7,10-11H,2-5,8-9H2,1H3,(H2,17,18). The highest BCUT2D eigenvalue weighted by Gasteiger charge is 2.29. The molecule has 1 amide bonds.